The maximum atomic E-state index is 14.0. The number of pyridine rings is 1. The molecule has 1 aromatic heterocycles. The Bertz CT molecular complexity index is 1290. The van der Waals surface area contributed by atoms with Crippen LogP contribution in [-0.4, -0.2) is 19.7 Å². The van der Waals surface area contributed by atoms with Crippen LogP contribution in [0.2, 0.25) is 0 Å². The summed E-state index contributed by atoms with van der Waals surface area (Å²) in [6.45, 7) is 0. The van der Waals surface area contributed by atoms with E-state index in [1.807, 2.05) is 30.3 Å². The first-order chi connectivity index (χ1) is 13.4. The zero-order chi connectivity index (χ0) is 19.7. The summed E-state index contributed by atoms with van der Waals surface area (Å²) >= 11 is 0. The van der Waals surface area contributed by atoms with Crippen LogP contribution in [0.1, 0.15) is 0 Å². The van der Waals surface area contributed by atoms with Crippen LogP contribution in [-0.2, 0) is 9.84 Å². The van der Waals surface area contributed by atoms with E-state index in [0.717, 1.165) is 17.4 Å². The zero-order valence-corrected chi connectivity index (χ0v) is 15.8. The second-order valence-electron chi connectivity index (χ2n) is 6.37. The van der Waals surface area contributed by atoms with E-state index in [2.05, 4.69) is 4.98 Å². The maximum absolute atomic E-state index is 14.0. The molecule has 4 rings (SSSR count). The highest BCUT2D eigenvalue weighted by Gasteiger charge is 2.11. The molecule has 0 aliphatic heterocycles. The van der Waals surface area contributed by atoms with Crippen molar-refractivity contribution in [2.75, 3.05) is 6.26 Å². The molecule has 0 aliphatic rings. The number of halogens is 1. The quantitative estimate of drug-likeness (QED) is 0.476. The largest absolute Gasteiger partial charge is 0.457 e. The number of benzene rings is 3. The second kappa shape index (κ2) is 7.05. The molecule has 0 fully saturated rings. The van der Waals surface area contributed by atoms with Crippen LogP contribution in [0.25, 0.3) is 22.0 Å². The van der Waals surface area contributed by atoms with Crippen LogP contribution >= 0.6 is 0 Å². The van der Waals surface area contributed by atoms with Crippen molar-refractivity contribution in [2.24, 2.45) is 0 Å². The van der Waals surface area contributed by atoms with Crippen molar-refractivity contribution in [3.8, 4) is 22.6 Å². The molecule has 0 bridgehead atoms. The summed E-state index contributed by atoms with van der Waals surface area (Å²) in [5.41, 5.74) is 1.99. The third-order valence-electron chi connectivity index (χ3n) is 4.34. The molecular formula is C22H16FNO3S. The first kappa shape index (κ1) is 18.1. The topological polar surface area (TPSA) is 56.3 Å². The highest BCUT2D eigenvalue weighted by molar-refractivity contribution is 7.90. The Morgan fingerprint density at radius 2 is 1.61 bits per heavy atom. The Morgan fingerprint density at radius 3 is 2.39 bits per heavy atom. The minimum atomic E-state index is -3.32. The fourth-order valence-corrected chi connectivity index (χ4v) is 3.68. The number of sulfone groups is 1. The first-order valence-corrected chi connectivity index (χ1v) is 10.4. The van der Waals surface area contributed by atoms with Crippen molar-refractivity contribution in [2.45, 2.75) is 4.90 Å². The van der Waals surface area contributed by atoms with Crippen molar-refractivity contribution in [3.63, 3.8) is 0 Å². The summed E-state index contributed by atoms with van der Waals surface area (Å²) in [6, 6.07) is 20.4. The predicted octanol–water partition coefficient (Wildman–Crippen LogP) is 5.24. The monoisotopic (exact) mass is 393 g/mol. The van der Waals surface area contributed by atoms with Gasteiger partial charge in [0.1, 0.15) is 22.8 Å². The number of nitrogens with zero attached hydrogens (tertiary/aromatic N) is 1. The zero-order valence-electron chi connectivity index (χ0n) is 15.0. The summed E-state index contributed by atoms with van der Waals surface area (Å²) in [4.78, 5) is 4.32. The Balaban J connectivity index is 1.73. The molecule has 0 saturated heterocycles. The van der Waals surface area contributed by atoms with Crippen molar-refractivity contribution >= 4 is 20.7 Å². The van der Waals surface area contributed by atoms with Gasteiger partial charge in [-0.1, -0.05) is 30.3 Å². The second-order valence-corrected chi connectivity index (χ2v) is 8.39. The molecule has 0 atom stereocenters. The number of fused-ring (bicyclic) bond motifs is 1. The number of aromatic nitrogens is 1. The van der Waals surface area contributed by atoms with Crippen LogP contribution in [0.15, 0.2) is 83.9 Å². The van der Waals surface area contributed by atoms with E-state index >= 15 is 0 Å². The standard InChI is InChI=1S/C22H16FNO3S/c1-28(25,26)18-8-3-7-17(14-18)27-16-6-2-5-15(13-16)19-11-12-24-22-20(19)9-4-10-21(22)23/h2-14H,1H3. The lowest BCUT2D eigenvalue weighted by atomic mass is 10.0. The molecule has 4 aromatic rings. The van der Waals surface area contributed by atoms with Gasteiger partial charge in [-0.3, -0.25) is 4.98 Å². The Labute approximate surface area is 162 Å². The van der Waals surface area contributed by atoms with E-state index in [1.165, 1.54) is 18.2 Å². The molecule has 0 amide bonds. The normalized spacial score (nSPS) is 11.5. The Kier molecular flexibility index (Phi) is 4.57. The van der Waals surface area contributed by atoms with Crippen molar-refractivity contribution in [1.29, 1.82) is 0 Å². The van der Waals surface area contributed by atoms with Gasteiger partial charge in [0.05, 0.1) is 4.90 Å². The molecule has 6 heteroatoms. The van der Waals surface area contributed by atoms with Gasteiger partial charge >= 0.3 is 0 Å². The van der Waals surface area contributed by atoms with Gasteiger partial charge in [0.25, 0.3) is 0 Å². The summed E-state index contributed by atoms with van der Waals surface area (Å²) in [5, 5.41) is 0.707. The third-order valence-corrected chi connectivity index (χ3v) is 5.45. The number of ether oxygens (including phenoxy) is 1. The first-order valence-electron chi connectivity index (χ1n) is 8.53. The molecule has 140 valence electrons. The van der Waals surface area contributed by atoms with Crippen LogP contribution < -0.4 is 4.74 Å². The van der Waals surface area contributed by atoms with Gasteiger partial charge in [-0.15, -0.1) is 0 Å². The number of hydrogen-bond acceptors (Lipinski definition) is 4. The lowest BCUT2D eigenvalue weighted by molar-refractivity contribution is 0.481. The molecule has 0 spiro atoms. The number of rotatable bonds is 4. The lowest BCUT2D eigenvalue weighted by Gasteiger charge is -2.10. The summed E-state index contributed by atoms with van der Waals surface area (Å²) in [5.74, 6) is 0.597. The predicted molar refractivity (Wildman–Crippen MR) is 107 cm³/mol. The van der Waals surface area contributed by atoms with Crippen LogP contribution in [0, 0.1) is 5.82 Å². The van der Waals surface area contributed by atoms with Crippen LogP contribution in [0.4, 0.5) is 4.39 Å². The molecule has 3 aromatic carbocycles. The smallest absolute Gasteiger partial charge is 0.175 e. The minimum Gasteiger partial charge on any atom is -0.457 e. The third kappa shape index (κ3) is 3.59. The number of hydrogen-bond donors (Lipinski definition) is 0. The highest BCUT2D eigenvalue weighted by atomic mass is 32.2. The van der Waals surface area contributed by atoms with Gasteiger partial charge in [-0.05, 0) is 53.6 Å². The van der Waals surface area contributed by atoms with E-state index in [4.69, 9.17) is 4.74 Å². The molecule has 4 nitrogen and oxygen atoms in total. The molecule has 0 aliphatic carbocycles. The Hall–Kier alpha value is -3.25. The lowest BCUT2D eigenvalue weighted by Crippen LogP contribution is -1.97. The molecule has 28 heavy (non-hydrogen) atoms. The molecule has 1 heterocycles. The Morgan fingerprint density at radius 1 is 0.893 bits per heavy atom. The summed E-state index contributed by atoms with van der Waals surface area (Å²) < 4.78 is 43.4. The van der Waals surface area contributed by atoms with Gasteiger partial charge in [0, 0.05) is 17.8 Å². The van der Waals surface area contributed by atoms with E-state index in [-0.39, 0.29) is 10.7 Å². The van der Waals surface area contributed by atoms with E-state index in [1.54, 1.807) is 30.5 Å². The average Bonchev–Trinajstić information content (AvgIpc) is 2.68. The maximum Gasteiger partial charge on any atom is 0.175 e. The molecule has 0 N–H and O–H groups in total. The van der Waals surface area contributed by atoms with Gasteiger partial charge < -0.3 is 4.74 Å². The molecular weight excluding hydrogens is 377 g/mol. The highest BCUT2D eigenvalue weighted by Crippen LogP contribution is 2.32. The van der Waals surface area contributed by atoms with Gasteiger partial charge in [-0.25, -0.2) is 12.8 Å². The van der Waals surface area contributed by atoms with Gasteiger partial charge in [0.2, 0.25) is 0 Å². The van der Waals surface area contributed by atoms with Gasteiger partial charge in [-0.2, -0.15) is 0 Å². The number of para-hydroxylation sites is 1. The molecule has 0 saturated carbocycles. The van der Waals surface area contributed by atoms with E-state index < -0.39 is 9.84 Å². The molecule has 0 radical (unpaired) electrons. The van der Waals surface area contributed by atoms with Crippen LogP contribution in [0.3, 0.4) is 0 Å². The van der Waals surface area contributed by atoms with E-state index in [0.29, 0.717) is 22.4 Å². The fraction of sp³-hybridized carbons (Fsp3) is 0.0455. The summed E-state index contributed by atoms with van der Waals surface area (Å²) in [6.07, 6.45) is 2.73. The van der Waals surface area contributed by atoms with Crippen molar-refractivity contribution < 1.29 is 17.5 Å². The average molecular weight is 393 g/mol. The summed E-state index contributed by atoms with van der Waals surface area (Å²) in [7, 11) is -3.32. The van der Waals surface area contributed by atoms with E-state index in [9.17, 15) is 12.8 Å². The van der Waals surface area contributed by atoms with Gasteiger partial charge in [0.15, 0.2) is 9.84 Å². The van der Waals surface area contributed by atoms with Crippen LogP contribution in [0.5, 0.6) is 11.5 Å². The molecule has 0 unspecified atom stereocenters. The minimum absolute atomic E-state index is 0.191. The van der Waals surface area contributed by atoms with Crippen molar-refractivity contribution in [3.05, 3.63) is 84.8 Å². The fourth-order valence-electron chi connectivity index (χ4n) is 3.02. The van der Waals surface area contributed by atoms with Crippen molar-refractivity contribution in [1.82, 2.24) is 4.98 Å². The SMILES string of the molecule is CS(=O)(=O)c1cccc(Oc2cccc(-c3ccnc4c(F)cccc34)c2)c1.